The zero-order chi connectivity index (χ0) is 18.3. The molecule has 0 atom stereocenters. The van der Waals surface area contributed by atoms with Crippen LogP contribution in [0.2, 0.25) is 0 Å². The Kier molecular flexibility index (Phi) is 7.03. The molecule has 0 amide bonds. The minimum absolute atomic E-state index is 0.0813. The van der Waals surface area contributed by atoms with Gasteiger partial charge in [-0.25, -0.2) is 13.6 Å². The van der Waals surface area contributed by atoms with Gasteiger partial charge in [0.2, 0.25) is 5.78 Å². The fourth-order valence-electron chi connectivity index (χ4n) is 1.78. The molecule has 0 aromatic heterocycles. The van der Waals surface area contributed by atoms with Crippen molar-refractivity contribution in [3.8, 4) is 0 Å². The van der Waals surface area contributed by atoms with E-state index in [4.69, 9.17) is 16.2 Å². The Balaban J connectivity index is 2.83. The van der Waals surface area contributed by atoms with Crippen molar-refractivity contribution in [3.63, 3.8) is 0 Å². The Labute approximate surface area is 138 Å². The zero-order valence-electron chi connectivity index (χ0n) is 13.4. The summed E-state index contributed by atoms with van der Waals surface area (Å²) in [5, 5.41) is 0. The van der Waals surface area contributed by atoms with Crippen molar-refractivity contribution in [1.82, 2.24) is 0 Å². The number of benzene rings is 1. The van der Waals surface area contributed by atoms with E-state index in [2.05, 4.69) is 4.99 Å². The SMILES string of the molecule is CCCN=C(N)C(C(=O)OCC(=O)c1ccc(F)cc1F)=C(C)N. The van der Waals surface area contributed by atoms with Crippen LogP contribution in [0.15, 0.2) is 34.5 Å². The van der Waals surface area contributed by atoms with Crippen LogP contribution >= 0.6 is 0 Å². The summed E-state index contributed by atoms with van der Waals surface area (Å²) in [6.45, 7) is 2.98. The Morgan fingerprint density at radius 1 is 1.25 bits per heavy atom. The molecule has 0 bridgehead atoms. The topological polar surface area (TPSA) is 108 Å². The number of ether oxygens (including phenoxy) is 1. The highest BCUT2D eigenvalue weighted by molar-refractivity contribution is 6.19. The van der Waals surface area contributed by atoms with Gasteiger partial charge in [0.1, 0.15) is 23.0 Å². The van der Waals surface area contributed by atoms with Crippen molar-refractivity contribution in [2.24, 2.45) is 16.5 Å². The van der Waals surface area contributed by atoms with Gasteiger partial charge in [0.05, 0.1) is 5.56 Å². The molecule has 8 heteroatoms. The number of carbonyl (C=O) groups excluding carboxylic acids is 2. The summed E-state index contributed by atoms with van der Waals surface area (Å²) < 4.78 is 31.2. The van der Waals surface area contributed by atoms with E-state index in [9.17, 15) is 18.4 Å². The number of nitrogens with zero attached hydrogens (tertiary/aromatic N) is 1. The van der Waals surface area contributed by atoms with Gasteiger partial charge in [-0.2, -0.15) is 0 Å². The first kappa shape index (κ1) is 19.3. The first-order valence-electron chi connectivity index (χ1n) is 7.19. The van der Waals surface area contributed by atoms with Crippen LogP contribution < -0.4 is 11.5 Å². The maximum absolute atomic E-state index is 13.5. The van der Waals surface area contributed by atoms with E-state index >= 15 is 0 Å². The number of esters is 1. The Morgan fingerprint density at radius 3 is 2.46 bits per heavy atom. The summed E-state index contributed by atoms with van der Waals surface area (Å²) >= 11 is 0. The number of hydrogen-bond donors (Lipinski definition) is 2. The Bertz CT molecular complexity index is 696. The van der Waals surface area contributed by atoms with Crippen LogP contribution in [-0.4, -0.2) is 30.7 Å². The van der Waals surface area contributed by atoms with E-state index < -0.39 is 30.0 Å². The van der Waals surface area contributed by atoms with Gasteiger partial charge in [-0.3, -0.25) is 9.79 Å². The van der Waals surface area contributed by atoms with Gasteiger partial charge in [0, 0.05) is 18.3 Å². The van der Waals surface area contributed by atoms with Crippen molar-refractivity contribution in [2.45, 2.75) is 20.3 Å². The van der Waals surface area contributed by atoms with Crippen molar-refractivity contribution < 1.29 is 23.1 Å². The number of hydrogen-bond acceptors (Lipinski definition) is 5. The minimum Gasteiger partial charge on any atom is -0.454 e. The van der Waals surface area contributed by atoms with Crippen molar-refractivity contribution in [1.29, 1.82) is 0 Å². The molecular formula is C16H19F2N3O3. The molecule has 0 aliphatic carbocycles. The molecule has 0 unspecified atom stereocenters. The van der Waals surface area contributed by atoms with E-state index in [0.29, 0.717) is 12.6 Å². The lowest BCUT2D eigenvalue weighted by atomic mass is 10.1. The van der Waals surface area contributed by atoms with Gasteiger partial charge in [-0.05, 0) is 25.5 Å². The van der Waals surface area contributed by atoms with Crippen LogP contribution in [0.4, 0.5) is 8.78 Å². The average Bonchev–Trinajstić information content (AvgIpc) is 2.50. The summed E-state index contributed by atoms with van der Waals surface area (Å²) in [5.74, 6) is -3.71. The van der Waals surface area contributed by atoms with Crippen LogP contribution in [0.5, 0.6) is 0 Å². The highest BCUT2D eigenvalue weighted by atomic mass is 19.1. The number of Topliss-reactive ketones (excluding diaryl/α,β-unsaturated/α-hetero) is 1. The molecule has 130 valence electrons. The molecule has 0 heterocycles. The number of rotatable bonds is 7. The fraction of sp³-hybridized carbons (Fsp3) is 0.312. The lowest BCUT2D eigenvalue weighted by Crippen LogP contribution is -2.28. The lowest BCUT2D eigenvalue weighted by molar-refractivity contribution is -0.137. The van der Waals surface area contributed by atoms with Gasteiger partial charge < -0.3 is 16.2 Å². The largest absolute Gasteiger partial charge is 0.454 e. The molecule has 1 aromatic rings. The summed E-state index contributed by atoms with van der Waals surface area (Å²) in [5.41, 5.74) is 10.8. The van der Waals surface area contributed by atoms with Crippen molar-refractivity contribution in [3.05, 3.63) is 46.7 Å². The second kappa shape index (κ2) is 8.76. The maximum Gasteiger partial charge on any atom is 0.344 e. The van der Waals surface area contributed by atoms with E-state index in [1.807, 2.05) is 6.92 Å². The zero-order valence-corrected chi connectivity index (χ0v) is 13.4. The molecule has 1 aromatic carbocycles. The lowest BCUT2D eigenvalue weighted by Gasteiger charge is -2.10. The number of ketones is 1. The monoisotopic (exact) mass is 339 g/mol. The highest BCUT2D eigenvalue weighted by Gasteiger charge is 2.20. The molecule has 24 heavy (non-hydrogen) atoms. The summed E-state index contributed by atoms with van der Waals surface area (Å²) in [4.78, 5) is 27.9. The third-order valence-corrected chi connectivity index (χ3v) is 2.93. The Morgan fingerprint density at radius 2 is 1.92 bits per heavy atom. The van der Waals surface area contributed by atoms with Gasteiger partial charge >= 0.3 is 5.97 Å². The Hall–Kier alpha value is -2.77. The number of nitrogens with two attached hydrogens (primary N) is 2. The predicted molar refractivity (Wildman–Crippen MR) is 85.3 cm³/mol. The quantitative estimate of drug-likeness (QED) is 0.258. The summed E-state index contributed by atoms with van der Waals surface area (Å²) in [7, 11) is 0. The molecule has 0 aliphatic heterocycles. The maximum atomic E-state index is 13.5. The standard InChI is InChI=1S/C16H19F2N3O3/c1-3-6-21-15(20)14(9(2)19)16(23)24-8-13(22)11-5-4-10(17)7-12(11)18/h4-5,7H,3,6,8,19H2,1-2H3,(H2,20,21). The first-order chi connectivity index (χ1) is 11.3. The smallest absolute Gasteiger partial charge is 0.344 e. The van der Waals surface area contributed by atoms with Crippen LogP contribution in [0.3, 0.4) is 0 Å². The van der Waals surface area contributed by atoms with Gasteiger partial charge in [-0.15, -0.1) is 0 Å². The van der Waals surface area contributed by atoms with Crippen LogP contribution in [-0.2, 0) is 9.53 Å². The number of halogens is 2. The van der Waals surface area contributed by atoms with E-state index in [1.165, 1.54) is 6.92 Å². The second-order valence-corrected chi connectivity index (χ2v) is 4.95. The molecule has 6 nitrogen and oxygen atoms in total. The third kappa shape index (κ3) is 5.15. The minimum atomic E-state index is -1.04. The van der Waals surface area contributed by atoms with Crippen LogP contribution in [0, 0.1) is 11.6 Å². The second-order valence-electron chi connectivity index (χ2n) is 4.95. The molecule has 1 rings (SSSR count). The fourth-order valence-corrected chi connectivity index (χ4v) is 1.78. The van der Waals surface area contributed by atoms with Gasteiger partial charge in [-0.1, -0.05) is 6.92 Å². The van der Waals surface area contributed by atoms with Crippen molar-refractivity contribution in [2.75, 3.05) is 13.2 Å². The molecular weight excluding hydrogens is 320 g/mol. The predicted octanol–water partition coefficient (Wildman–Crippen LogP) is 1.69. The van der Waals surface area contributed by atoms with Crippen molar-refractivity contribution >= 4 is 17.6 Å². The number of aliphatic imine (C=N–C) groups is 1. The normalized spacial score (nSPS) is 12.6. The van der Waals surface area contributed by atoms with Crippen LogP contribution in [0.25, 0.3) is 0 Å². The first-order valence-corrected chi connectivity index (χ1v) is 7.19. The molecule has 0 spiro atoms. The highest BCUT2D eigenvalue weighted by Crippen LogP contribution is 2.11. The molecule has 4 N–H and O–H groups in total. The molecule has 0 saturated heterocycles. The van der Waals surface area contributed by atoms with Gasteiger partial charge in [0.15, 0.2) is 6.61 Å². The number of allylic oxidation sites excluding steroid dienone is 1. The van der Waals surface area contributed by atoms with E-state index in [1.54, 1.807) is 0 Å². The van der Waals surface area contributed by atoms with Crippen LogP contribution in [0.1, 0.15) is 30.6 Å². The summed E-state index contributed by atoms with van der Waals surface area (Å²) in [6.07, 6.45) is 0.717. The third-order valence-electron chi connectivity index (χ3n) is 2.93. The van der Waals surface area contributed by atoms with Gasteiger partial charge in [0.25, 0.3) is 0 Å². The van der Waals surface area contributed by atoms with E-state index in [0.717, 1.165) is 18.6 Å². The van der Waals surface area contributed by atoms with E-state index in [-0.39, 0.29) is 22.7 Å². The summed E-state index contributed by atoms with van der Waals surface area (Å²) in [6, 6.07) is 2.48. The molecule has 0 fully saturated rings. The molecule has 0 aliphatic rings. The molecule has 0 radical (unpaired) electrons. The number of carbonyl (C=O) groups is 2. The number of amidine groups is 1. The molecule has 0 saturated carbocycles. The average molecular weight is 339 g/mol.